The van der Waals surface area contributed by atoms with Crippen molar-refractivity contribution in [1.82, 2.24) is 14.3 Å². The highest BCUT2D eigenvalue weighted by atomic mass is 32.2. The molecule has 2 aromatic rings. The van der Waals surface area contributed by atoms with Crippen LogP contribution in [-0.4, -0.2) is 35.8 Å². The first-order chi connectivity index (χ1) is 12.4. The zero-order valence-electron chi connectivity index (χ0n) is 13.8. The van der Waals surface area contributed by atoms with Crippen LogP contribution in [0.15, 0.2) is 27.9 Å². The molecular weight excluding hydrogens is 352 g/mol. The van der Waals surface area contributed by atoms with E-state index in [1.54, 1.807) is 6.07 Å². The Hall–Kier alpha value is -3.07. The highest BCUT2D eigenvalue weighted by Crippen LogP contribution is 2.32. The van der Waals surface area contributed by atoms with Gasteiger partial charge in [0.2, 0.25) is 16.0 Å². The third-order valence-corrected chi connectivity index (χ3v) is 5.96. The number of hydrogen-bond acceptors (Lipinski definition) is 5. The summed E-state index contributed by atoms with van der Waals surface area (Å²) in [5.74, 6) is 4.63. The van der Waals surface area contributed by atoms with Crippen LogP contribution in [0.3, 0.4) is 0 Å². The number of sulfonamides is 1. The molecule has 0 bridgehead atoms. The lowest BCUT2D eigenvalue weighted by atomic mass is 9.89. The van der Waals surface area contributed by atoms with Crippen molar-refractivity contribution in [3.05, 3.63) is 39.8 Å². The van der Waals surface area contributed by atoms with Crippen molar-refractivity contribution in [2.45, 2.75) is 17.7 Å². The van der Waals surface area contributed by atoms with Crippen LogP contribution in [0.1, 0.15) is 11.3 Å². The first-order valence-electron chi connectivity index (χ1n) is 7.77. The standard InChI is InChI=1S/C18H16N4O3S/c1-3-9-22(10-4-2)26(24,25)13-7-5-12-6-8-15-16(14(12)11-13)17(23)21-18(19)20-15/h1-2,5,7,11H,6,8-10H2,(H3,19,20,21,23). The van der Waals surface area contributed by atoms with Gasteiger partial charge in [0.15, 0.2) is 0 Å². The van der Waals surface area contributed by atoms with Crippen LogP contribution in [0.5, 0.6) is 0 Å². The quantitative estimate of drug-likeness (QED) is 0.758. The van der Waals surface area contributed by atoms with Crippen molar-refractivity contribution in [3.8, 4) is 35.8 Å². The van der Waals surface area contributed by atoms with Crippen LogP contribution in [0.25, 0.3) is 11.1 Å². The fourth-order valence-electron chi connectivity index (χ4n) is 3.00. The number of aryl methyl sites for hydroxylation is 2. The lowest BCUT2D eigenvalue weighted by Gasteiger charge is -2.21. The zero-order chi connectivity index (χ0) is 18.9. The number of nitrogen functional groups attached to an aromatic ring is 1. The van der Waals surface area contributed by atoms with E-state index in [2.05, 4.69) is 21.8 Å². The molecule has 0 spiro atoms. The van der Waals surface area contributed by atoms with E-state index in [1.165, 1.54) is 12.1 Å². The van der Waals surface area contributed by atoms with Gasteiger partial charge >= 0.3 is 0 Å². The summed E-state index contributed by atoms with van der Waals surface area (Å²) in [5, 5.41) is 0. The zero-order valence-corrected chi connectivity index (χ0v) is 14.6. The van der Waals surface area contributed by atoms with E-state index in [-0.39, 0.29) is 23.9 Å². The van der Waals surface area contributed by atoms with Gasteiger partial charge < -0.3 is 5.73 Å². The summed E-state index contributed by atoms with van der Waals surface area (Å²) in [7, 11) is -3.89. The largest absolute Gasteiger partial charge is 0.369 e. The molecular formula is C18H16N4O3S. The van der Waals surface area contributed by atoms with Crippen molar-refractivity contribution in [3.63, 3.8) is 0 Å². The first kappa shape index (κ1) is 17.7. The fourth-order valence-corrected chi connectivity index (χ4v) is 4.29. The lowest BCUT2D eigenvalue weighted by Crippen LogP contribution is -2.32. The molecule has 0 radical (unpaired) electrons. The predicted octanol–water partition coefficient (Wildman–Crippen LogP) is 0.375. The molecule has 132 valence electrons. The van der Waals surface area contributed by atoms with E-state index in [0.29, 0.717) is 29.7 Å². The fraction of sp³-hybridized carbons (Fsp3) is 0.222. The van der Waals surface area contributed by atoms with E-state index in [4.69, 9.17) is 18.6 Å². The summed E-state index contributed by atoms with van der Waals surface area (Å²) >= 11 is 0. The van der Waals surface area contributed by atoms with Crippen molar-refractivity contribution in [2.75, 3.05) is 18.8 Å². The number of terminal acetylenes is 2. The van der Waals surface area contributed by atoms with Gasteiger partial charge in [-0.3, -0.25) is 9.78 Å². The highest BCUT2D eigenvalue weighted by Gasteiger charge is 2.27. The minimum Gasteiger partial charge on any atom is -0.369 e. The summed E-state index contributed by atoms with van der Waals surface area (Å²) < 4.78 is 26.8. The van der Waals surface area contributed by atoms with Gasteiger partial charge in [-0.15, -0.1) is 12.8 Å². The van der Waals surface area contributed by atoms with Gasteiger partial charge in [0.05, 0.1) is 29.2 Å². The summed E-state index contributed by atoms with van der Waals surface area (Å²) in [4.78, 5) is 19.0. The van der Waals surface area contributed by atoms with Crippen molar-refractivity contribution in [2.24, 2.45) is 0 Å². The van der Waals surface area contributed by atoms with Crippen LogP contribution < -0.4 is 11.3 Å². The van der Waals surface area contributed by atoms with Crippen LogP contribution in [0.2, 0.25) is 0 Å². The number of H-pyrrole nitrogens is 1. The Labute approximate surface area is 151 Å². The molecule has 3 N–H and O–H groups in total. The third-order valence-electron chi connectivity index (χ3n) is 4.17. The van der Waals surface area contributed by atoms with Gasteiger partial charge in [0.1, 0.15) is 0 Å². The van der Waals surface area contributed by atoms with Gasteiger partial charge in [-0.25, -0.2) is 13.4 Å². The SMILES string of the molecule is C#CCN(CC#C)S(=O)(=O)c1ccc2c(c1)-c1c(nc(N)[nH]c1=O)CC2. The molecule has 1 aromatic carbocycles. The molecule has 0 saturated carbocycles. The molecule has 7 nitrogen and oxygen atoms in total. The molecule has 1 aromatic heterocycles. The number of anilines is 1. The molecule has 0 atom stereocenters. The average molecular weight is 368 g/mol. The minimum absolute atomic E-state index is 0.0193. The molecule has 1 heterocycles. The number of benzene rings is 1. The third kappa shape index (κ3) is 2.97. The van der Waals surface area contributed by atoms with Crippen LogP contribution in [0, 0.1) is 24.7 Å². The average Bonchev–Trinajstić information content (AvgIpc) is 2.60. The molecule has 8 heteroatoms. The summed E-state index contributed by atoms with van der Waals surface area (Å²) in [6, 6.07) is 4.67. The molecule has 0 aliphatic heterocycles. The molecule has 0 amide bonds. The summed E-state index contributed by atoms with van der Waals surface area (Å²) in [5.41, 5.74) is 7.50. The Morgan fingerprint density at radius 2 is 1.92 bits per heavy atom. The Balaban J connectivity index is 2.17. The second kappa shape index (κ2) is 6.68. The molecule has 0 unspecified atom stereocenters. The summed E-state index contributed by atoms with van der Waals surface area (Å²) in [6.45, 7) is -0.280. The van der Waals surface area contributed by atoms with E-state index in [1.807, 2.05) is 0 Å². The van der Waals surface area contributed by atoms with Gasteiger partial charge in [-0.1, -0.05) is 17.9 Å². The molecule has 1 aliphatic rings. The monoisotopic (exact) mass is 368 g/mol. The molecule has 1 aliphatic carbocycles. The Kier molecular flexibility index (Phi) is 4.56. The Bertz CT molecular complexity index is 1100. The smallest absolute Gasteiger partial charge is 0.260 e. The number of nitrogens with zero attached hydrogens (tertiary/aromatic N) is 2. The molecule has 26 heavy (non-hydrogen) atoms. The van der Waals surface area contributed by atoms with Crippen LogP contribution >= 0.6 is 0 Å². The first-order valence-corrected chi connectivity index (χ1v) is 9.21. The molecule has 0 fully saturated rings. The van der Waals surface area contributed by atoms with Gasteiger partial charge in [0.25, 0.3) is 5.56 Å². The highest BCUT2D eigenvalue weighted by molar-refractivity contribution is 7.89. The maximum atomic E-state index is 12.9. The number of aromatic nitrogens is 2. The number of nitrogens with two attached hydrogens (primary N) is 1. The van der Waals surface area contributed by atoms with Crippen LogP contribution in [0.4, 0.5) is 5.95 Å². The maximum Gasteiger partial charge on any atom is 0.260 e. The van der Waals surface area contributed by atoms with Crippen molar-refractivity contribution >= 4 is 16.0 Å². The second-order valence-electron chi connectivity index (χ2n) is 5.77. The van der Waals surface area contributed by atoms with Gasteiger partial charge in [-0.2, -0.15) is 4.31 Å². The lowest BCUT2D eigenvalue weighted by molar-refractivity contribution is 0.482. The number of aromatic amines is 1. The molecule has 0 saturated heterocycles. The van der Waals surface area contributed by atoms with E-state index < -0.39 is 15.6 Å². The van der Waals surface area contributed by atoms with Gasteiger partial charge in [-0.05, 0) is 36.1 Å². The van der Waals surface area contributed by atoms with Crippen LogP contribution in [-0.2, 0) is 22.9 Å². The minimum atomic E-state index is -3.89. The van der Waals surface area contributed by atoms with E-state index >= 15 is 0 Å². The summed E-state index contributed by atoms with van der Waals surface area (Å²) in [6.07, 6.45) is 11.7. The predicted molar refractivity (Wildman–Crippen MR) is 98.5 cm³/mol. The van der Waals surface area contributed by atoms with Crippen molar-refractivity contribution in [1.29, 1.82) is 0 Å². The Morgan fingerprint density at radius 1 is 1.23 bits per heavy atom. The topological polar surface area (TPSA) is 109 Å². The number of rotatable bonds is 4. The Morgan fingerprint density at radius 3 is 2.58 bits per heavy atom. The number of hydrogen-bond donors (Lipinski definition) is 2. The van der Waals surface area contributed by atoms with E-state index in [0.717, 1.165) is 9.87 Å². The number of nitrogens with one attached hydrogen (secondary N) is 1. The molecule has 3 rings (SSSR count). The van der Waals surface area contributed by atoms with E-state index in [9.17, 15) is 13.2 Å². The second-order valence-corrected chi connectivity index (χ2v) is 7.71. The van der Waals surface area contributed by atoms with Gasteiger partial charge in [0, 0.05) is 0 Å². The number of fused-ring (bicyclic) bond motifs is 3. The van der Waals surface area contributed by atoms with Crippen molar-refractivity contribution < 1.29 is 8.42 Å². The maximum absolute atomic E-state index is 12.9. The normalized spacial score (nSPS) is 12.7.